The van der Waals surface area contributed by atoms with Gasteiger partial charge < -0.3 is 10.1 Å². The average Bonchev–Trinajstić information content (AvgIpc) is 2.82. The standard InChI is InChI=1S/C30H51NO2/c1-4-7-8-9-10-11-12-13-14-15-16-17-18-19-20-21-25-31-28-24-22-23-27(26-28)29(5-2)30(32)33-6-3/h13-14,22-24,26,29,31H,4-12,15-21,25H2,1-3H3. The maximum Gasteiger partial charge on any atom is 0.313 e. The molecule has 3 heteroatoms. The van der Waals surface area contributed by atoms with Gasteiger partial charge in [-0.15, -0.1) is 0 Å². The second kappa shape index (κ2) is 20.8. The van der Waals surface area contributed by atoms with Crippen molar-refractivity contribution in [1.29, 1.82) is 0 Å². The Bertz CT molecular complexity index is 625. The molecular weight excluding hydrogens is 406 g/mol. The summed E-state index contributed by atoms with van der Waals surface area (Å²) in [5.74, 6) is -0.289. The Morgan fingerprint density at radius 3 is 2.06 bits per heavy atom. The van der Waals surface area contributed by atoms with E-state index in [1.54, 1.807) is 0 Å². The summed E-state index contributed by atoms with van der Waals surface area (Å²) in [4.78, 5) is 12.2. The summed E-state index contributed by atoms with van der Waals surface area (Å²) in [5, 5.41) is 3.52. The molecule has 33 heavy (non-hydrogen) atoms. The van der Waals surface area contributed by atoms with E-state index in [1.807, 2.05) is 26.0 Å². The number of ether oxygens (including phenoxy) is 1. The van der Waals surface area contributed by atoms with Crippen LogP contribution in [0.1, 0.15) is 129 Å². The van der Waals surface area contributed by atoms with Gasteiger partial charge in [-0.05, 0) is 63.1 Å². The van der Waals surface area contributed by atoms with Crippen LogP contribution in [0, 0.1) is 0 Å². The van der Waals surface area contributed by atoms with Gasteiger partial charge in [-0.1, -0.05) is 95.9 Å². The number of anilines is 1. The lowest BCUT2D eigenvalue weighted by molar-refractivity contribution is -0.145. The number of carbonyl (C=O) groups is 1. The molecule has 1 unspecified atom stereocenters. The normalized spacial score (nSPS) is 12.2. The van der Waals surface area contributed by atoms with Crippen molar-refractivity contribution in [2.75, 3.05) is 18.5 Å². The summed E-state index contributed by atoms with van der Waals surface area (Å²) >= 11 is 0. The zero-order chi connectivity index (χ0) is 24.0. The molecule has 1 aromatic carbocycles. The molecule has 0 amide bonds. The lowest BCUT2D eigenvalue weighted by Gasteiger charge is -2.15. The molecule has 0 spiro atoms. The van der Waals surface area contributed by atoms with Crippen molar-refractivity contribution in [1.82, 2.24) is 0 Å². The summed E-state index contributed by atoms with van der Waals surface area (Å²) in [6.07, 6.45) is 24.2. The predicted molar refractivity (Wildman–Crippen MR) is 144 cm³/mol. The van der Waals surface area contributed by atoms with Crippen molar-refractivity contribution in [3.63, 3.8) is 0 Å². The van der Waals surface area contributed by atoms with E-state index in [-0.39, 0.29) is 11.9 Å². The van der Waals surface area contributed by atoms with Crippen LogP contribution in [-0.4, -0.2) is 19.1 Å². The second-order valence-electron chi connectivity index (χ2n) is 9.20. The van der Waals surface area contributed by atoms with Gasteiger partial charge in [0, 0.05) is 12.2 Å². The molecule has 0 aromatic heterocycles. The highest BCUT2D eigenvalue weighted by Gasteiger charge is 2.19. The van der Waals surface area contributed by atoms with Crippen LogP contribution in [-0.2, 0) is 9.53 Å². The van der Waals surface area contributed by atoms with Gasteiger partial charge in [0.2, 0.25) is 0 Å². The molecule has 0 saturated heterocycles. The predicted octanol–water partition coefficient (Wildman–Crippen LogP) is 9.19. The zero-order valence-electron chi connectivity index (χ0n) is 21.9. The largest absolute Gasteiger partial charge is 0.466 e. The van der Waals surface area contributed by atoms with E-state index in [1.165, 1.54) is 89.9 Å². The first-order valence-corrected chi connectivity index (χ1v) is 13.9. The third kappa shape index (κ3) is 14.9. The Balaban J connectivity index is 2.03. The highest BCUT2D eigenvalue weighted by molar-refractivity contribution is 5.78. The number of hydrogen-bond donors (Lipinski definition) is 1. The second-order valence-corrected chi connectivity index (χ2v) is 9.20. The molecule has 1 atom stereocenters. The molecule has 188 valence electrons. The smallest absolute Gasteiger partial charge is 0.313 e. The van der Waals surface area contributed by atoms with Crippen LogP contribution in [0.15, 0.2) is 36.4 Å². The van der Waals surface area contributed by atoms with Crippen LogP contribution in [0.25, 0.3) is 0 Å². The van der Waals surface area contributed by atoms with Crippen molar-refractivity contribution in [2.45, 2.75) is 123 Å². The quantitative estimate of drug-likeness (QED) is 0.114. The van der Waals surface area contributed by atoms with Gasteiger partial charge in [-0.3, -0.25) is 4.79 Å². The van der Waals surface area contributed by atoms with Crippen LogP contribution in [0.4, 0.5) is 5.69 Å². The topological polar surface area (TPSA) is 38.3 Å². The van der Waals surface area contributed by atoms with Crippen LogP contribution >= 0.6 is 0 Å². The molecule has 3 nitrogen and oxygen atoms in total. The lowest BCUT2D eigenvalue weighted by atomic mass is 9.96. The number of benzene rings is 1. The Morgan fingerprint density at radius 2 is 1.45 bits per heavy atom. The van der Waals surface area contributed by atoms with Crippen LogP contribution in [0.3, 0.4) is 0 Å². The van der Waals surface area contributed by atoms with Gasteiger partial charge in [0.05, 0.1) is 12.5 Å². The molecule has 0 heterocycles. The van der Waals surface area contributed by atoms with Crippen molar-refractivity contribution in [3.8, 4) is 0 Å². The van der Waals surface area contributed by atoms with Crippen molar-refractivity contribution in [3.05, 3.63) is 42.0 Å². The molecule has 1 rings (SSSR count). The first-order chi connectivity index (χ1) is 16.2. The molecule has 0 aliphatic heterocycles. The first-order valence-electron chi connectivity index (χ1n) is 13.9. The third-order valence-corrected chi connectivity index (χ3v) is 6.29. The summed E-state index contributed by atoms with van der Waals surface area (Å²) in [5.41, 5.74) is 2.14. The molecule has 1 aromatic rings. The van der Waals surface area contributed by atoms with Crippen LogP contribution in [0.2, 0.25) is 0 Å². The summed E-state index contributed by atoms with van der Waals surface area (Å²) < 4.78 is 5.22. The number of unbranched alkanes of at least 4 members (excludes halogenated alkanes) is 12. The summed E-state index contributed by atoms with van der Waals surface area (Å²) in [6.45, 7) is 7.59. The molecular formula is C30H51NO2. The Kier molecular flexibility index (Phi) is 18.5. The average molecular weight is 458 g/mol. The first kappa shape index (κ1) is 29.3. The minimum absolute atomic E-state index is 0.120. The monoisotopic (exact) mass is 457 g/mol. The summed E-state index contributed by atoms with van der Waals surface area (Å²) in [7, 11) is 0. The third-order valence-electron chi connectivity index (χ3n) is 6.29. The Hall–Kier alpha value is -1.77. The van der Waals surface area contributed by atoms with Gasteiger partial charge in [-0.25, -0.2) is 0 Å². The van der Waals surface area contributed by atoms with E-state index >= 15 is 0 Å². The van der Waals surface area contributed by atoms with E-state index in [0.717, 1.165) is 24.2 Å². The molecule has 0 bridgehead atoms. The van der Waals surface area contributed by atoms with E-state index in [2.05, 4.69) is 36.5 Å². The SMILES string of the molecule is CCCCCCCCC=CCCCCCCCCNc1cccc(C(CC)C(=O)OCC)c1. The maximum atomic E-state index is 12.2. The van der Waals surface area contributed by atoms with Gasteiger partial charge >= 0.3 is 5.97 Å². The summed E-state index contributed by atoms with van der Waals surface area (Å²) in [6, 6.07) is 8.24. The minimum atomic E-state index is -0.169. The molecule has 0 radical (unpaired) electrons. The molecule has 0 saturated carbocycles. The maximum absolute atomic E-state index is 12.2. The Labute approximate surface area is 204 Å². The van der Waals surface area contributed by atoms with Gasteiger partial charge in [0.15, 0.2) is 0 Å². The lowest BCUT2D eigenvalue weighted by Crippen LogP contribution is -2.15. The fourth-order valence-corrected chi connectivity index (χ4v) is 4.25. The number of carbonyl (C=O) groups excluding carboxylic acids is 1. The van der Waals surface area contributed by atoms with E-state index < -0.39 is 0 Å². The van der Waals surface area contributed by atoms with Crippen LogP contribution < -0.4 is 5.32 Å². The molecule has 1 N–H and O–H groups in total. The minimum Gasteiger partial charge on any atom is -0.466 e. The van der Waals surface area contributed by atoms with E-state index in [0.29, 0.717) is 6.61 Å². The fraction of sp³-hybridized carbons (Fsp3) is 0.700. The number of allylic oxidation sites excluding steroid dienone is 2. The van der Waals surface area contributed by atoms with E-state index in [4.69, 9.17) is 4.74 Å². The van der Waals surface area contributed by atoms with Crippen LogP contribution in [0.5, 0.6) is 0 Å². The van der Waals surface area contributed by atoms with Gasteiger partial charge in [0.25, 0.3) is 0 Å². The van der Waals surface area contributed by atoms with Crippen molar-refractivity contribution >= 4 is 11.7 Å². The van der Waals surface area contributed by atoms with Gasteiger partial charge in [-0.2, -0.15) is 0 Å². The van der Waals surface area contributed by atoms with Crippen molar-refractivity contribution in [2.24, 2.45) is 0 Å². The highest BCUT2D eigenvalue weighted by atomic mass is 16.5. The number of rotatable bonds is 21. The Morgan fingerprint density at radius 1 is 0.848 bits per heavy atom. The van der Waals surface area contributed by atoms with E-state index in [9.17, 15) is 4.79 Å². The molecule has 0 aliphatic carbocycles. The molecule has 0 fully saturated rings. The zero-order valence-corrected chi connectivity index (χ0v) is 21.9. The highest BCUT2D eigenvalue weighted by Crippen LogP contribution is 2.24. The number of esters is 1. The number of hydrogen-bond acceptors (Lipinski definition) is 3. The fourth-order valence-electron chi connectivity index (χ4n) is 4.25. The molecule has 0 aliphatic rings. The number of nitrogens with one attached hydrogen (secondary N) is 1. The van der Waals surface area contributed by atoms with Crippen molar-refractivity contribution < 1.29 is 9.53 Å². The van der Waals surface area contributed by atoms with Gasteiger partial charge in [0.1, 0.15) is 0 Å².